The van der Waals surface area contributed by atoms with Gasteiger partial charge in [0.05, 0.1) is 6.42 Å². The van der Waals surface area contributed by atoms with Crippen LogP contribution in [0.2, 0.25) is 0 Å². The number of benzene rings is 2. The minimum atomic E-state index is -1.36. The molecule has 214 valence electrons. The molecule has 0 saturated carbocycles. The standard InChI is InChI=1S/C31H40N4O5/c1-9-21(5)35(29(38)24(18-25(32)36)33-30(39)40-31(6,7)8)27(23-16-14-22(10-2)15-17-23)28(37)34-26-19(3)12-11-13-20(26)4/h2,11-17,21,24,27H,9,18H2,1,3-8H3,(H2,32,36)(H,33,39)(H,34,37). The Bertz CT molecular complexity index is 1250. The van der Waals surface area contributed by atoms with Gasteiger partial charge in [-0.3, -0.25) is 14.4 Å². The van der Waals surface area contributed by atoms with E-state index in [2.05, 4.69) is 16.6 Å². The van der Waals surface area contributed by atoms with Gasteiger partial charge in [-0.1, -0.05) is 43.2 Å². The number of terminal acetylenes is 1. The summed E-state index contributed by atoms with van der Waals surface area (Å²) in [5.41, 5.74) is 8.08. The molecule has 0 bridgehead atoms. The third kappa shape index (κ3) is 8.60. The fourth-order valence-electron chi connectivity index (χ4n) is 4.23. The highest BCUT2D eigenvalue weighted by atomic mass is 16.6. The normalized spacial score (nSPS) is 13.2. The van der Waals surface area contributed by atoms with Gasteiger partial charge >= 0.3 is 6.09 Å². The Morgan fingerprint density at radius 3 is 2.10 bits per heavy atom. The van der Waals surface area contributed by atoms with Crippen LogP contribution in [-0.2, 0) is 19.1 Å². The number of hydrogen-bond acceptors (Lipinski definition) is 5. The third-order valence-corrected chi connectivity index (χ3v) is 6.36. The van der Waals surface area contributed by atoms with E-state index in [1.165, 1.54) is 4.90 Å². The van der Waals surface area contributed by atoms with Crippen LogP contribution in [0.15, 0.2) is 42.5 Å². The number of ether oxygens (including phenoxy) is 1. The summed E-state index contributed by atoms with van der Waals surface area (Å²) in [4.78, 5) is 54.2. The van der Waals surface area contributed by atoms with Crippen molar-refractivity contribution in [3.63, 3.8) is 0 Å². The second-order valence-corrected chi connectivity index (χ2v) is 10.8. The van der Waals surface area contributed by atoms with E-state index in [9.17, 15) is 19.2 Å². The summed E-state index contributed by atoms with van der Waals surface area (Å²) >= 11 is 0. The maximum Gasteiger partial charge on any atom is 0.408 e. The predicted octanol–water partition coefficient (Wildman–Crippen LogP) is 4.36. The molecule has 4 amide bonds. The van der Waals surface area contributed by atoms with E-state index < -0.39 is 54.0 Å². The van der Waals surface area contributed by atoms with Gasteiger partial charge in [0.15, 0.2) is 0 Å². The lowest BCUT2D eigenvalue weighted by atomic mass is 9.98. The number of para-hydroxylation sites is 1. The summed E-state index contributed by atoms with van der Waals surface area (Å²) in [6, 6.07) is 9.46. The molecule has 3 unspecified atom stereocenters. The summed E-state index contributed by atoms with van der Waals surface area (Å²) in [5, 5.41) is 5.48. The molecule has 0 aliphatic carbocycles. The van der Waals surface area contributed by atoms with Crippen LogP contribution in [0.5, 0.6) is 0 Å². The first kappa shape index (κ1) is 31.9. The number of anilines is 1. The molecule has 0 heterocycles. The first-order chi connectivity index (χ1) is 18.7. The van der Waals surface area contributed by atoms with Gasteiger partial charge in [0.1, 0.15) is 17.7 Å². The predicted molar refractivity (Wildman–Crippen MR) is 155 cm³/mol. The molecule has 9 nitrogen and oxygen atoms in total. The average Bonchev–Trinajstić information content (AvgIpc) is 2.87. The largest absolute Gasteiger partial charge is 0.444 e. The van der Waals surface area contributed by atoms with Gasteiger partial charge in [-0.15, -0.1) is 6.42 Å². The van der Waals surface area contributed by atoms with Crippen molar-refractivity contribution in [1.29, 1.82) is 0 Å². The molecule has 0 saturated heterocycles. The zero-order valence-corrected chi connectivity index (χ0v) is 24.3. The van der Waals surface area contributed by atoms with Crippen LogP contribution in [0.25, 0.3) is 0 Å². The van der Waals surface area contributed by atoms with Gasteiger partial charge in [-0.25, -0.2) is 4.79 Å². The van der Waals surface area contributed by atoms with Crippen molar-refractivity contribution in [3.05, 3.63) is 64.7 Å². The second-order valence-electron chi connectivity index (χ2n) is 10.8. The Morgan fingerprint density at radius 2 is 1.62 bits per heavy atom. The van der Waals surface area contributed by atoms with E-state index in [-0.39, 0.29) is 0 Å². The third-order valence-electron chi connectivity index (χ3n) is 6.36. The highest BCUT2D eigenvalue weighted by Gasteiger charge is 2.39. The number of primary amides is 1. The highest BCUT2D eigenvalue weighted by molar-refractivity contribution is 6.00. The molecule has 2 rings (SSSR count). The number of carbonyl (C=O) groups excluding carboxylic acids is 4. The molecule has 0 fully saturated rings. The van der Waals surface area contributed by atoms with Crippen LogP contribution in [0, 0.1) is 26.2 Å². The Labute approximate surface area is 236 Å². The molecule has 0 aromatic heterocycles. The maximum atomic E-state index is 14.1. The molecule has 3 atom stereocenters. The number of alkyl carbamates (subject to hydrolysis) is 1. The number of amides is 4. The van der Waals surface area contributed by atoms with Crippen molar-refractivity contribution in [1.82, 2.24) is 10.2 Å². The van der Waals surface area contributed by atoms with E-state index in [1.807, 2.05) is 39.0 Å². The summed E-state index contributed by atoms with van der Waals surface area (Å²) in [6.45, 7) is 12.5. The maximum absolute atomic E-state index is 14.1. The number of hydrogen-bond donors (Lipinski definition) is 3. The molecule has 0 aliphatic heterocycles. The van der Waals surface area contributed by atoms with Gasteiger partial charge in [-0.2, -0.15) is 0 Å². The molecule has 2 aromatic rings. The summed E-state index contributed by atoms with van der Waals surface area (Å²) < 4.78 is 5.32. The molecule has 0 radical (unpaired) electrons. The van der Waals surface area contributed by atoms with Gasteiger partial charge in [0.2, 0.25) is 11.8 Å². The first-order valence-corrected chi connectivity index (χ1v) is 13.2. The van der Waals surface area contributed by atoms with Crippen molar-refractivity contribution in [3.8, 4) is 12.3 Å². The number of nitrogens with one attached hydrogen (secondary N) is 2. The zero-order valence-electron chi connectivity index (χ0n) is 24.3. The lowest BCUT2D eigenvalue weighted by Gasteiger charge is -2.38. The fraction of sp³-hybridized carbons (Fsp3) is 0.419. The van der Waals surface area contributed by atoms with Gasteiger partial charge in [0.25, 0.3) is 5.91 Å². The molecular formula is C31H40N4O5. The van der Waals surface area contributed by atoms with Crippen LogP contribution in [-0.4, -0.2) is 46.4 Å². The molecule has 4 N–H and O–H groups in total. The fourth-order valence-corrected chi connectivity index (χ4v) is 4.23. The van der Waals surface area contributed by atoms with E-state index in [1.54, 1.807) is 52.0 Å². The Hall–Kier alpha value is -4.32. The van der Waals surface area contributed by atoms with Crippen molar-refractivity contribution in [2.45, 2.75) is 85.0 Å². The number of aryl methyl sites for hydroxylation is 2. The number of nitrogens with zero attached hydrogens (tertiary/aromatic N) is 1. The van der Waals surface area contributed by atoms with Crippen LogP contribution in [0.4, 0.5) is 10.5 Å². The zero-order chi connectivity index (χ0) is 30.2. The smallest absolute Gasteiger partial charge is 0.408 e. The number of carbonyl (C=O) groups is 4. The topological polar surface area (TPSA) is 131 Å². The molecule has 9 heteroatoms. The number of nitrogens with two attached hydrogens (primary N) is 1. The molecule has 2 aromatic carbocycles. The average molecular weight is 549 g/mol. The van der Waals surface area contributed by atoms with E-state index in [0.29, 0.717) is 23.2 Å². The Kier molecular flexibility index (Phi) is 10.9. The van der Waals surface area contributed by atoms with Crippen molar-refractivity contribution < 1.29 is 23.9 Å². The van der Waals surface area contributed by atoms with E-state index in [0.717, 1.165) is 11.1 Å². The first-order valence-electron chi connectivity index (χ1n) is 13.2. The van der Waals surface area contributed by atoms with Crippen molar-refractivity contribution >= 4 is 29.5 Å². The summed E-state index contributed by atoms with van der Waals surface area (Å²) in [5.74, 6) is 0.637. The van der Waals surface area contributed by atoms with Crippen LogP contribution >= 0.6 is 0 Å². The highest BCUT2D eigenvalue weighted by Crippen LogP contribution is 2.29. The molecule has 40 heavy (non-hydrogen) atoms. The summed E-state index contributed by atoms with van der Waals surface area (Å²) in [7, 11) is 0. The molecule has 0 spiro atoms. The van der Waals surface area contributed by atoms with Crippen LogP contribution in [0.3, 0.4) is 0 Å². The number of rotatable bonds is 10. The van der Waals surface area contributed by atoms with E-state index >= 15 is 0 Å². The van der Waals surface area contributed by atoms with Crippen LogP contribution in [0.1, 0.15) is 75.8 Å². The Balaban J connectivity index is 2.64. The van der Waals surface area contributed by atoms with Gasteiger partial charge < -0.3 is 26.0 Å². The lowest BCUT2D eigenvalue weighted by Crippen LogP contribution is -2.55. The van der Waals surface area contributed by atoms with Crippen LogP contribution < -0.4 is 16.4 Å². The van der Waals surface area contributed by atoms with E-state index in [4.69, 9.17) is 16.9 Å². The van der Waals surface area contributed by atoms with Gasteiger partial charge in [-0.05, 0) is 76.8 Å². The minimum Gasteiger partial charge on any atom is -0.444 e. The van der Waals surface area contributed by atoms with Crippen molar-refractivity contribution in [2.24, 2.45) is 5.73 Å². The molecular weight excluding hydrogens is 508 g/mol. The van der Waals surface area contributed by atoms with Gasteiger partial charge in [0, 0.05) is 17.3 Å². The quantitative estimate of drug-likeness (QED) is 0.380. The Morgan fingerprint density at radius 1 is 1.05 bits per heavy atom. The lowest BCUT2D eigenvalue weighted by molar-refractivity contribution is -0.144. The monoisotopic (exact) mass is 548 g/mol. The summed E-state index contributed by atoms with van der Waals surface area (Å²) in [6.07, 6.45) is 4.66. The van der Waals surface area contributed by atoms with Crippen molar-refractivity contribution in [2.75, 3.05) is 5.32 Å². The molecule has 0 aliphatic rings. The minimum absolute atomic E-state index is 0.463. The second kappa shape index (κ2) is 13.7. The SMILES string of the molecule is C#Cc1ccc(C(C(=O)Nc2c(C)cccc2C)N(C(=O)C(CC(N)=O)NC(=O)OC(C)(C)C)C(C)CC)cc1.